The van der Waals surface area contributed by atoms with Crippen LogP contribution in [0.3, 0.4) is 0 Å². The molecule has 2 N–H and O–H groups in total. The third-order valence-electron chi connectivity index (χ3n) is 5.19. The number of methoxy groups -OCH3 is 1. The van der Waals surface area contributed by atoms with E-state index >= 15 is 0 Å². The first-order valence-electron chi connectivity index (χ1n) is 9.72. The summed E-state index contributed by atoms with van der Waals surface area (Å²) in [6, 6.07) is 8.52. The van der Waals surface area contributed by atoms with Gasteiger partial charge in [0.1, 0.15) is 5.75 Å². The van der Waals surface area contributed by atoms with Gasteiger partial charge in [0.2, 0.25) is 5.28 Å². The zero-order chi connectivity index (χ0) is 19.3. The number of aromatic nitrogens is 4. The molecule has 2 aromatic heterocycles. The highest BCUT2D eigenvalue weighted by atomic mass is 35.5. The van der Waals surface area contributed by atoms with Crippen molar-refractivity contribution in [1.29, 1.82) is 0 Å². The molecule has 0 aliphatic heterocycles. The number of benzene rings is 1. The number of halogens is 1. The minimum atomic E-state index is 0.251. The normalized spacial score (nSPS) is 14.6. The summed E-state index contributed by atoms with van der Waals surface area (Å²) in [5.41, 5.74) is 2.82. The van der Waals surface area contributed by atoms with Crippen molar-refractivity contribution in [2.75, 3.05) is 25.5 Å². The molecule has 1 aromatic carbocycles. The standard InChI is InChI=1S/C20H25ClN6O/c1-28-16-8-6-14(7-9-16)12-22-10-11-23-18-17-19(26-20(21)25-18)27(13-24-17)15-4-2-3-5-15/h6-9,13,15,22H,2-5,10-12H2,1H3,(H,23,25,26). The maximum absolute atomic E-state index is 6.18. The van der Waals surface area contributed by atoms with E-state index in [-0.39, 0.29) is 5.28 Å². The lowest BCUT2D eigenvalue weighted by Gasteiger charge is -2.12. The number of hydrogen-bond donors (Lipinski definition) is 2. The average Bonchev–Trinajstić information content (AvgIpc) is 3.37. The summed E-state index contributed by atoms with van der Waals surface area (Å²) in [7, 11) is 1.67. The number of ether oxygens (including phenoxy) is 1. The van der Waals surface area contributed by atoms with E-state index in [4.69, 9.17) is 16.3 Å². The fraction of sp³-hybridized carbons (Fsp3) is 0.450. The van der Waals surface area contributed by atoms with Crippen molar-refractivity contribution in [3.8, 4) is 5.75 Å². The highest BCUT2D eigenvalue weighted by molar-refractivity contribution is 6.28. The number of rotatable bonds is 8. The molecule has 3 aromatic rings. The van der Waals surface area contributed by atoms with Crippen LogP contribution in [0.4, 0.5) is 5.82 Å². The Morgan fingerprint density at radius 2 is 1.93 bits per heavy atom. The first-order valence-corrected chi connectivity index (χ1v) is 10.1. The number of imidazole rings is 1. The Morgan fingerprint density at radius 1 is 1.14 bits per heavy atom. The van der Waals surface area contributed by atoms with E-state index in [1.807, 2.05) is 18.5 Å². The first kappa shape index (κ1) is 19.0. The average molecular weight is 401 g/mol. The number of anilines is 1. The second-order valence-electron chi connectivity index (χ2n) is 7.06. The third-order valence-corrected chi connectivity index (χ3v) is 5.36. The largest absolute Gasteiger partial charge is 0.497 e. The lowest BCUT2D eigenvalue weighted by Crippen LogP contribution is -2.22. The predicted molar refractivity (Wildman–Crippen MR) is 111 cm³/mol. The summed E-state index contributed by atoms with van der Waals surface area (Å²) >= 11 is 6.18. The van der Waals surface area contributed by atoms with Crippen LogP contribution in [0.15, 0.2) is 30.6 Å². The molecule has 1 aliphatic carbocycles. The molecule has 0 saturated heterocycles. The molecule has 0 bridgehead atoms. The monoisotopic (exact) mass is 400 g/mol. The zero-order valence-corrected chi connectivity index (χ0v) is 16.7. The van der Waals surface area contributed by atoms with E-state index in [1.54, 1.807) is 7.11 Å². The van der Waals surface area contributed by atoms with E-state index in [0.29, 0.717) is 11.9 Å². The molecule has 7 nitrogen and oxygen atoms in total. The maximum atomic E-state index is 6.18. The number of nitrogens with one attached hydrogen (secondary N) is 2. The summed E-state index contributed by atoms with van der Waals surface area (Å²) in [5.74, 6) is 1.56. The molecule has 0 amide bonds. The van der Waals surface area contributed by atoms with Gasteiger partial charge in [0, 0.05) is 25.7 Å². The number of fused-ring (bicyclic) bond motifs is 1. The van der Waals surface area contributed by atoms with Crippen molar-refractivity contribution < 1.29 is 4.74 Å². The fourth-order valence-electron chi connectivity index (χ4n) is 3.71. The van der Waals surface area contributed by atoms with Crippen molar-refractivity contribution in [2.45, 2.75) is 38.3 Å². The van der Waals surface area contributed by atoms with Gasteiger partial charge >= 0.3 is 0 Å². The van der Waals surface area contributed by atoms with Crippen LogP contribution < -0.4 is 15.4 Å². The minimum Gasteiger partial charge on any atom is -0.497 e. The van der Waals surface area contributed by atoms with Crippen LogP contribution >= 0.6 is 11.6 Å². The Hall–Kier alpha value is -2.38. The summed E-state index contributed by atoms with van der Waals surface area (Å²) < 4.78 is 7.34. The predicted octanol–water partition coefficient (Wildman–Crippen LogP) is 3.81. The molecule has 1 fully saturated rings. The lowest BCUT2D eigenvalue weighted by molar-refractivity contribution is 0.414. The van der Waals surface area contributed by atoms with Crippen molar-refractivity contribution >= 4 is 28.6 Å². The molecule has 0 unspecified atom stereocenters. The van der Waals surface area contributed by atoms with Crippen LogP contribution in [-0.2, 0) is 6.54 Å². The molecule has 2 heterocycles. The Labute approximate surface area is 169 Å². The molecule has 0 radical (unpaired) electrons. The fourth-order valence-corrected chi connectivity index (χ4v) is 3.87. The SMILES string of the molecule is COc1ccc(CNCCNc2nc(Cl)nc3c2ncn3C2CCCC2)cc1. The van der Waals surface area contributed by atoms with Crippen LogP contribution in [0.25, 0.3) is 11.2 Å². The minimum absolute atomic E-state index is 0.251. The Kier molecular flexibility index (Phi) is 5.92. The van der Waals surface area contributed by atoms with Gasteiger partial charge in [0.25, 0.3) is 0 Å². The zero-order valence-electron chi connectivity index (χ0n) is 16.0. The molecular weight excluding hydrogens is 376 g/mol. The lowest BCUT2D eigenvalue weighted by atomic mass is 10.2. The van der Waals surface area contributed by atoms with Crippen LogP contribution in [0.2, 0.25) is 5.28 Å². The van der Waals surface area contributed by atoms with Crippen LogP contribution in [0.5, 0.6) is 5.75 Å². The van der Waals surface area contributed by atoms with Gasteiger partial charge in [-0.05, 0) is 42.1 Å². The van der Waals surface area contributed by atoms with E-state index in [0.717, 1.165) is 36.5 Å². The third kappa shape index (κ3) is 4.20. The van der Waals surface area contributed by atoms with Crippen LogP contribution in [0, 0.1) is 0 Å². The van der Waals surface area contributed by atoms with Gasteiger partial charge in [-0.1, -0.05) is 25.0 Å². The quantitative estimate of drug-likeness (QED) is 0.442. The highest BCUT2D eigenvalue weighted by Gasteiger charge is 2.21. The van der Waals surface area contributed by atoms with Crippen LogP contribution in [-0.4, -0.2) is 39.7 Å². The molecule has 8 heteroatoms. The summed E-state index contributed by atoms with van der Waals surface area (Å²) in [6.45, 7) is 2.30. The molecule has 0 atom stereocenters. The second-order valence-corrected chi connectivity index (χ2v) is 7.39. The Balaban J connectivity index is 1.35. The summed E-state index contributed by atoms with van der Waals surface area (Å²) in [6.07, 6.45) is 6.73. The number of nitrogens with zero attached hydrogens (tertiary/aromatic N) is 4. The Bertz CT molecular complexity index is 920. The first-order chi connectivity index (χ1) is 13.7. The van der Waals surface area contributed by atoms with Crippen LogP contribution in [0.1, 0.15) is 37.3 Å². The van der Waals surface area contributed by atoms with Gasteiger partial charge in [-0.25, -0.2) is 4.98 Å². The van der Waals surface area contributed by atoms with Gasteiger partial charge in [0.15, 0.2) is 17.0 Å². The molecular formula is C20H25ClN6O. The number of hydrogen-bond acceptors (Lipinski definition) is 6. The highest BCUT2D eigenvalue weighted by Crippen LogP contribution is 2.32. The molecule has 0 spiro atoms. The topological polar surface area (TPSA) is 76.9 Å². The maximum Gasteiger partial charge on any atom is 0.226 e. The second kappa shape index (κ2) is 8.75. The molecule has 1 aliphatic rings. The van der Waals surface area contributed by atoms with Crippen molar-refractivity contribution in [2.24, 2.45) is 0 Å². The van der Waals surface area contributed by atoms with Gasteiger partial charge in [-0.15, -0.1) is 0 Å². The van der Waals surface area contributed by atoms with Crippen molar-refractivity contribution in [1.82, 2.24) is 24.8 Å². The molecule has 148 valence electrons. The Morgan fingerprint density at radius 3 is 2.68 bits per heavy atom. The van der Waals surface area contributed by atoms with Gasteiger partial charge in [-0.2, -0.15) is 9.97 Å². The van der Waals surface area contributed by atoms with E-state index in [1.165, 1.54) is 31.2 Å². The van der Waals surface area contributed by atoms with E-state index in [2.05, 4.69) is 42.3 Å². The molecule has 1 saturated carbocycles. The van der Waals surface area contributed by atoms with E-state index < -0.39 is 0 Å². The van der Waals surface area contributed by atoms with Gasteiger partial charge in [0.05, 0.1) is 13.4 Å². The van der Waals surface area contributed by atoms with Gasteiger partial charge in [-0.3, -0.25) is 0 Å². The van der Waals surface area contributed by atoms with E-state index in [9.17, 15) is 0 Å². The molecule has 4 rings (SSSR count). The summed E-state index contributed by atoms with van der Waals surface area (Å²) in [5, 5.41) is 7.01. The van der Waals surface area contributed by atoms with Crippen molar-refractivity contribution in [3.05, 3.63) is 41.4 Å². The van der Waals surface area contributed by atoms with Crippen molar-refractivity contribution in [3.63, 3.8) is 0 Å². The molecule has 28 heavy (non-hydrogen) atoms. The van der Waals surface area contributed by atoms with Gasteiger partial charge < -0.3 is 19.9 Å². The summed E-state index contributed by atoms with van der Waals surface area (Å²) in [4.78, 5) is 13.3. The smallest absolute Gasteiger partial charge is 0.226 e.